The molecule has 0 amide bonds. The molecule has 2 aliphatic rings. The van der Waals surface area contributed by atoms with Gasteiger partial charge in [0.1, 0.15) is 5.65 Å². The Balaban J connectivity index is 0.00000225. The smallest absolute Gasteiger partial charge is 0.191 e. The summed E-state index contributed by atoms with van der Waals surface area (Å²) < 4.78 is 2.13. The molecule has 0 aromatic carbocycles. The lowest BCUT2D eigenvalue weighted by Crippen LogP contribution is -2.44. The first kappa shape index (κ1) is 21.4. The number of aliphatic imine (C=N–C) groups is 1. The van der Waals surface area contributed by atoms with Crippen LogP contribution in [-0.2, 0) is 6.54 Å². The number of guanidine groups is 1. The molecule has 1 saturated carbocycles. The van der Waals surface area contributed by atoms with Gasteiger partial charge >= 0.3 is 0 Å². The molecule has 1 unspecified atom stereocenters. The third-order valence-corrected chi connectivity index (χ3v) is 6.01. The van der Waals surface area contributed by atoms with E-state index in [1.807, 2.05) is 19.2 Å². The molecule has 2 aromatic rings. The summed E-state index contributed by atoms with van der Waals surface area (Å²) in [5.41, 5.74) is 3.22. The molecule has 4 rings (SSSR count). The van der Waals surface area contributed by atoms with Crippen molar-refractivity contribution in [1.82, 2.24) is 24.9 Å². The maximum atomic E-state index is 4.69. The number of aromatic nitrogens is 2. The van der Waals surface area contributed by atoms with Gasteiger partial charge in [-0.1, -0.05) is 18.9 Å². The van der Waals surface area contributed by atoms with Crippen LogP contribution in [0.3, 0.4) is 0 Å². The second kappa shape index (κ2) is 9.91. The van der Waals surface area contributed by atoms with Crippen LogP contribution in [0.5, 0.6) is 0 Å². The zero-order valence-corrected chi connectivity index (χ0v) is 19.4. The van der Waals surface area contributed by atoms with E-state index in [9.17, 15) is 0 Å². The molecule has 28 heavy (non-hydrogen) atoms. The summed E-state index contributed by atoms with van der Waals surface area (Å²) in [4.78, 5) is 11.7. The van der Waals surface area contributed by atoms with Gasteiger partial charge in [0.15, 0.2) is 5.96 Å². The number of nitrogens with zero attached hydrogens (tertiary/aromatic N) is 4. The van der Waals surface area contributed by atoms with Gasteiger partial charge in [0.05, 0.1) is 12.2 Å². The van der Waals surface area contributed by atoms with Crippen molar-refractivity contribution in [3.8, 4) is 0 Å². The molecule has 2 N–H and O–H groups in total. The molecule has 2 fully saturated rings. The minimum absolute atomic E-state index is 0. The SMILES string of the molecule is CN=C(NCc1cn2c(C)cccc2n1)NC1CCN(CC2CCCC2)C1.I. The van der Waals surface area contributed by atoms with E-state index in [4.69, 9.17) is 4.98 Å². The van der Waals surface area contributed by atoms with Crippen LogP contribution in [0.2, 0.25) is 0 Å². The Morgan fingerprint density at radius 1 is 1.25 bits per heavy atom. The number of fused-ring (bicyclic) bond motifs is 1. The third kappa shape index (κ3) is 5.17. The van der Waals surface area contributed by atoms with Crippen molar-refractivity contribution >= 4 is 35.6 Å². The highest BCUT2D eigenvalue weighted by molar-refractivity contribution is 14.0. The molecule has 1 aliphatic heterocycles. The Bertz CT molecular complexity index is 795. The van der Waals surface area contributed by atoms with E-state index in [1.54, 1.807) is 0 Å². The standard InChI is InChI=1S/C21H32N6.HI/c1-16-6-5-9-20-24-19(15-27(16)20)12-23-21(22-2)25-18-10-11-26(14-18)13-17-7-3-4-8-17;/h5-6,9,15,17-18H,3-4,7-8,10-14H2,1-2H3,(H2,22,23,25);1H. The summed E-state index contributed by atoms with van der Waals surface area (Å²) in [6, 6.07) is 6.68. The number of hydrogen-bond acceptors (Lipinski definition) is 3. The summed E-state index contributed by atoms with van der Waals surface area (Å²) in [7, 11) is 1.84. The summed E-state index contributed by atoms with van der Waals surface area (Å²) in [6.45, 7) is 6.40. The molecule has 1 atom stereocenters. The first-order valence-electron chi connectivity index (χ1n) is 10.3. The van der Waals surface area contributed by atoms with E-state index in [2.05, 4.69) is 44.1 Å². The fourth-order valence-corrected chi connectivity index (χ4v) is 4.52. The zero-order valence-electron chi connectivity index (χ0n) is 17.0. The number of hydrogen-bond donors (Lipinski definition) is 2. The van der Waals surface area contributed by atoms with Gasteiger partial charge in [-0.2, -0.15) is 0 Å². The normalized spacial score (nSPS) is 21.2. The Morgan fingerprint density at radius 2 is 2.07 bits per heavy atom. The summed E-state index contributed by atoms with van der Waals surface area (Å²) in [5, 5.41) is 7.02. The lowest BCUT2D eigenvalue weighted by atomic mass is 10.1. The van der Waals surface area contributed by atoms with Crippen molar-refractivity contribution in [2.45, 2.75) is 51.6 Å². The molecular formula is C21H33IN6. The van der Waals surface area contributed by atoms with E-state index in [0.717, 1.165) is 29.8 Å². The first-order valence-corrected chi connectivity index (χ1v) is 10.3. The van der Waals surface area contributed by atoms with E-state index in [0.29, 0.717) is 12.6 Å². The van der Waals surface area contributed by atoms with Crippen molar-refractivity contribution in [2.75, 3.05) is 26.7 Å². The Labute approximate surface area is 185 Å². The molecule has 0 radical (unpaired) electrons. The number of rotatable bonds is 5. The lowest BCUT2D eigenvalue weighted by Gasteiger charge is -2.21. The minimum atomic E-state index is 0. The molecule has 7 heteroatoms. The molecule has 3 heterocycles. The summed E-state index contributed by atoms with van der Waals surface area (Å²) >= 11 is 0. The highest BCUT2D eigenvalue weighted by Crippen LogP contribution is 2.26. The lowest BCUT2D eigenvalue weighted by molar-refractivity contribution is 0.275. The minimum Gasteiger partial charge on any atom is -0.352 e. The van der Waals surface area contributed by atoms with Gasteiger partial charge in [-0.25, -0.2) is 4.98 Å². The average Bonchev–Trinajstić information content (AvgIpc) is 3.40. The molecule has 6 nitrogen and oxygen atoms in total. The highest BCUT2D eigenvalue weighted by atomic mass is 127. The van der Waals surface area contributed by atoms with Crippen LogP contribution in [0.25, 0.3) is 5.65 Å². The zero-order chi connectivity index (χ0) is 18.6. The van der Waals surface area contributed by atoms with E-state index in [1.165, 1.54) is 50.9 Å². The van der Waals surface area contributed by atoms with E-state index < -0.39 is 0 Å². The molecular weight excluding hydrogens is 463 g/mol. The van der Waals surface area contributed by atoms with Crippen LogP contribution < -0.4 is 10.6 Å². The average molecular weight is 496 g/mol. The van der Waals surface area contributed by atoms with Crippen LogP contribution in [0.1, 0.15) is 43.5 Å². The van der Waals surface area contributed by atoms with E-state index in [-0.39, 0.29) is 24.0 Å². The monoisotopic (exact) mass is 496 g/mol. The summed E-state index contributed by atoms with van der Waals surface area (Å²) in [5.74, 6) is 1.80. The Morgan fingerprint density at radius 3 is 2.82 bits per heavy atom. The van der Waals surface area contributed by atoms with Crippen LogP contribution in [0.15, 0.2) is 29.4 Å². The fourth-order valence-electron chi connectivity index (χ4n) is 4.52. The number of nitrogens with one attached hydrogen (secondary N) is 2. The molecule has 1 aliphatic carbocycles. The van der Waals surface area contributed by atoms with Gasteiger partial charge in [-0.15, -0.1) is 24.0 Å². The Kier molecular flexibility index (Phi) is 7.56. The van der Waals surface area contributed by atoms with Gasteiger partial charge in [0.2, 0.25) is 0 Å². The van der Waals surface area contributed by atoms with Crippen LogP contribution in [0.4, 0.5) is 0 Å². The van der Waals surface area contributed by atoms with Crippen LogP contribution in [-0.4, -0.2) is 53.0 Å². The van der Waals surface area contributed by atoms with Crippen molar-refractivity contribution in [3.05, 3.63) is 35.8 Å². The number of likely N-dealkylation sites (tertiary alicyclic amines) is 1. The molecule has 2 aromatic heterocycles. The number of pyridine rings is 1. The third-order valence-electron chi connectivity index (χ3n) is 6.01. The van der Waals surface area contributed by atoms with Gasteiger partial charge in [-0.3, -0.25) is 4.99 Å². The number of imidazole rings is 1. The van der Waals surface area contributed by atoms with Crippen molar-refractivity contribution in [2.24, 2.45) is 10.9 Å². The second-order valence-corrected chi connectivity index (χ2v) is 8.09. The maximum absolute atomic E-state index is 4.69. The number of aryl methyl sites for hydroxylation is 1. The van der Waals surface area contributed by atoms with Gasteiger partial charge in [0.25, 0.3) is 0 Å². The number of halogens is 1. The molecule has 154 valence electrons. The largest absolute Gasteiger partial charge is 0.352 e. The van der Waals surface area contributed by atoms with Crippen molar-refractivity contribution < 1.29 is 0 Å². The van der Waals surface area contributed by atoms with Crippen molar-refractivity contribution in [1.29, 1.82) is 0 Å². The topological polar surface area (TPSA) is 57.0 Å². The van der Waals surface area contributed by atoms with Crippen LogP contribution in [0, 0.1) is 12.8 Å². The maximum Gasteiger partial charge on any atom is 0.191 e. The van der Waals surface area contributed by atoms with Gasteiger partial charge < -0.3 is 19.9 Å². The Hall–Kier alpha value is -1.35. The first-order chi connectivity index (χ1) is 13.2. The van der Waals surface area contributed by atoms with Crippen molar-refractivity contribution in [3.63, 3.8) is 0 Å². The van der Waals surface area contributed by atoms with Gasteiger partial charge in [-0.05, 0) is 44.2 Å². The summed E-state index contributed by atoms with van der Waals surface area (Å²) in [6.07, 6.45) is 9.01. The van der Waals surface area contributed by atoms with Gasteiger partial charge in [0, 0.05) is 44.6 Å². The highest BCUT2D eigenvalue weighted by Gasteiger charge is 2.26. The second-order valence-electron chi connectivity index (χ2n) is 8.09. The predicted octanol–water partition coefficient (Wildman–Crippen LogP) is 3.19. The fraction of sp³-hybridized carbons (Fsp3) is 0.619. The molecule has 0 bridgehead atoms. The van der Waals surface area contributed by atoms with E-state index >= 15 is 0 Å². The molecule has 0 spiro atoms. The predicted molar refractivity (Wildman–Crippen MR) is 125 cm³/mol. The quantitative estimate of drug-likeness (QED) is 0.380. The molecule has 1 saturated heterocycles. The van der Waals surface area contributed by atoms with Crippen LogP contribution >= 0.6 is 24.0 Å².